The Morgan fingerprint density at radius 1 is 1.06 bits per heavy atom. The Labute approximate surface area is 205 Å². The van der Waals surface area contributed by atoms with Crippen molar-refractivity contribution >= 4 is 29.0 Å². The molecule has 35 heavy (non-hydrogen) atoms. The second-order valence-corrected chi connectivity index (χ2v) is 8.28. The zero-order valence-corrected chi connectivity index (χ0v) is 20.4. The highest BCUT2D eigenvalue weighted by Crippen LogP contribution is 2.25. The molecule has 0 saturated heterocycles. The molecule has 0 aliphatic carbocycles. The zero-order chi connectivity index (χ0) is 25.2. The van der Waals surface area contributed by atoms with Crippen molar-refractivity contribution in [2.45, 2.75) is 39.9 Å². The number of nitrogens with one attached hydrogen (secondary N) is 5. The van der Waals surface area contributed by atoms with Gasteiger partial charge in [-0.15, -0.1) is 0 Å². The van der Waals surface area contributed by atoms with Crippen LogP contribution in [-0.2, 0) is 16.0 Å². The van der Waals surface area contributed by atoms with E-state index in [2.05, 4.69) is 43.5 Å². The van der Waals surface area contributed by atoms with Crippen molar-refractivity contribution in [2.75, 3.05) is 30.3 Å². The number of benzene rings is 1. The summed E-state index contributed by atoms with van der Waals surface area (Å²) in [7, 11) is 0. The van der Waals surface area contributed by atoms with Crippen LogP contribution in [0, 0.1) is 13.8 Å². The van der Waals surface area contributed by atoms with Crippen molar-refractivity contribution in [3.63, 3.8) is 0 Å². The van der Waals surface area contributed by atoms with E-state index in [9.17, 15) is 9.59 Å². The molecule has 7 N–H and O–H groups in total. The smallest absolute Gasteiger partial charge is 0.260 e. The van der Waals surface area contributed by atoms with Gasteiger partial charge in [-0.05, 0) is 61.6 Å². The van der Waals surface area contributed by atoms with E-state index in [1.807, 2.05) is 32.0 Å². The molecular weight excluding hydrogens is 444 g/mol. The average molecular weight is 479 g/mol. The van der Waals surface area contributed by atoms with Crippen molar-refractivity contribution in [2.24, 2.45) is 10.7 Å². The standard InChI is InChI=1S/C25H34N8O2/c1-4-8-28-23-19(15-30-25(33-23)29-11-7-18-5-9-27-10-6-18)24(35)32-21-13-20(31-22(34)14-26)16(2)12-17(21)3/h5-6,9-10,12-13,15,25,29-30H,4,7-8,11,14,26H2,1-3H3,(H,28,33)(H,31,34)(H,32,35). The highest BCUT2D eigenvalue weighted by Gasteiger charge is 2.23. The number of pyridine rings is 1. The van der Waals surface area contributed by atoms with Gasteiger partial charge in [0.15, 0.2) is 6.29 Å². The Morgan fingerprint density at radius 2 is 1.77 bits per heavy atom. The number of aryl methyl sites for hydroxylation is 2. The number of nitrogens with zero attached hydrogens (tertiary/aromatic N) is 2. The minimum absolute atomic E-state index is 0.117. The first-order valence-electron chi connectivity index (χ1n) is 11.7. The molecule has 0 fully saturated rings. The highest BCUT2D eigenvalue weighted by molar-refractivity contribution is 6.25. The van der Waals surface area contributed by atoms with Crippen LogP contribution in [0.3, 0.4) is 0 Å². The molecule has 0 bridgehead atoms. The van der Waals surface area contributed by atoms with Gasteiger partial charge in [0.05, 0.1) is 12.1 Å². The van der Waals surface area contributed by atoms with E-state index in [1.54, 1.807) is 24.7 Å². The van der Waals surface area contributed by atoms with Gasteiger partial charge in [0.25, 0.3) is 5.91 Å². The number of aromatic nitrogens is 1. The van der Waals surface area contributed by atoms with Crippen LogP contribution >= 0.6 is 0 Å². The Kier molecular flexibility index (Phi) is 9.33. The molecule has 10 heteroatoms. The molecule has 2 amide bonds. The molecule has 10 nitrogen and oxygen atoms in total. The quantitative estimate of drug-likeness (QED) is 0.304. The summed E-state index contributed by atoms with van der Waals surface area (Å²) in [5.74, 6) is -0.0850. The molecule has 1 atom stereocenters. The normalized spacial score (nSPS) is 14.9. The number of anilines is 2. The summed E-state index contributed by atoms with van der Waals surface area (Å²) in [5, 5.41) is 15.5. The zero-order valence-electron chi connectivity index (χ0n) is 20.4. The number of aliphatic imine (C=N–C) groups is 1. The largest absolute Gasteiger partial charge is 0.370 e. The number of carbonyl (C=O) groups excluding carboxylic acids is 2. The molecule has 0 saturated carbocycles. The molecule has 0 radical (unpaired) electrons. The second-order valence-electron chi connectivity index (χ2n) is 8.28. The first-order chi connectivity index (χ1) is 16.9. The van der Waals surface area contributed by atoms with Crippen LogP contribution in [-0.4, -0.2) is 48.6 Å². The fourth-order valence-electron chi connectivity index (χ4n) is 3.54. The number of hydrogen-bond acceptors (Lipinski definition) is 8. The third-order valence-electron chi connectivity index (χ3n) is 5.47. The lowest BCUT2D eigenvalue weighted by molar-refractivity contribution is -0.115. The van der Waals surface area contributed by atoms with Crippen LogP contribution in [0.1, 0.15) is 30.0 Å². The Bertz CT molecular complexity index is 1100. The molecule has 1 aliphatic heterocycles. The average Bonchev–Trinajstić information content (AvgIpc) is 2.86. The Morgan fingerprint density at radius 3 is 2.46 bits per heavy atom. The third kappa shape index (κ3) is 7.36. The molecule has 1 unspecified atom stereocenters. The van der Waals surface area contributed by atoms with Crippen LogP contribution in [0.2, 0.25) is 0 Å². The lowest BCUT2D eigenvalue weighted by Crippen LogP contribution is -2.46. The Balaban J connectivity index is 1.69. The van der Waals surface area contributed by atoms with Gasteiger partial charge in [-0.25, -0.2) is 4.99 Å². The number of amides is 2. The van der Waals surface area contributed by atoms with Crippen LogP contribution in [0.25, 0.3) is 0 Å². The van der Waals surface area contributed by atoms with E-state index >= 15 is 0 Å². The van der Waals surface area contributed by atoms with Gasteiger partial charge in [0, 0.05) is 43.1 Å². The van der Waals surface area contributed by atoms with Gasteiger partial charge in [-0.1, -0.05) is 13.0 Å². The number of amidine groups is 1. The monoisotopic (exact) mass is 478 g/mol. The molecule has 2 heterocycles. The van der Waals surface area contributed by atoms with Gasteiger partial charge in [0.1, 0.15) is 5.84 Å². The second kappa shape index (κ2) is 12.6. The first-order valence-corrected chi connectivity index (χ1v) is 11.7. The van der Waals surface area contributed by atoms with E-state index in [0.717, 1.165) is 24.0 Å². The summed E-state index contributed by atoms with van der Waals surface area (Å²) in [6, 6.07) is 7.61. The molecule has 1 aromatic heterocycles. The van der Waals surface area contributed by atoms with E-state index in [-0.39, 0.29) is 24.6 Å². The minimum atomic E-state index is -0.355. The predicted octanol–water partition coefficient (Wildman–Crippen LogP) is 1.54. The van der Waals surface area contributed by atoms with Crippen molar-refractivity contribution in [3.8, 4) is 0 Å². The summed E-state index contributed by atoms with van der Waals surface area (Å²) in [5.41, 5.74) is 9.97. The highest BCUT2D eigenvalue weighted by atomic mass is 16.2. The number of nitrogens with two attached hydrogens (primary N) is 1. The summed E-state index contributed by atoms with van der Waals surface area (Å²) in [6.07, 6.45) is 6.59. The lowest BCUT2D eigenvalue weighted by atomic mass is 10.1. The van der Waals surface area contributed by atoms with Crippen LogP contribution in [0.4, 0.5) is 11.4 Å². The van der Waals surface area contributed by atoms with Crippen molar-refractivity contribution < 1.29 is 9.59 Å². The van der Waals surface area contributed by atoms with Gasteiger partial charge < -0.3 is 27.0 Å². The van der Waals surface area contributed by atoms with Gasteiger partial charge >= 0.3 is 0 Å². The van der Waals surface area contributed by atoms with Gasteiger partial charge in [-0.2, -0.15) is 0 Å². The Hall–Kier alpha value is -3.76. The lowest BCUT2D eigenvalue weighted by Gasteiger charge is -2.24. The maximum Gasteiger partial charge on any atom is 0.260 e. The third-order valence-corrected chi connectivity index (χ3v) is 5.47. The van der Waals surface area contributed by atoms with E-state index in [4.69, 9.17) is 5.73 Å². The van der Waals surface area contributed by atoms with E-state index in [1.165, 1.54) is 5.56 Å². The van der Waals surface area contributed by atoms with Crippen LogP contribution in [0.15, 0.2) is 53.4 Å². The van der Waals surface area contributed by atoms with Crippen molar-refractivity contribution in [1.29, 1.82) is 0 Å². The summed E-state index contributed by atoms with van der Waals surface area (Å²) < 4.78 is 0. The number of hydrogen-bond donors (Lipinski definition) is 6. The fraction of sp³-hybridized carbons (Fsp3) is 0.360. The number of rotatable bonds is 10. The van der Waals surface area contributed by atoms with Crippen molar-refractivity contribution in [3.05, 3.63) is 65.1 Å². The maximum atomic E-state index is 13.2. The first kappa shape index (κ1) is 25.9. The molecule has 1 aromatic carbocycles. The van der Waals surface area contributed by atoms with Crippen LogP contribution in [0.5, 0.6) is 0 Å². The SMILES string of the molecule is CCCNC1=NC(NCCc2ccncc2)NC=C1C(=O)Nc1cc(NC(=O)CN)c(C)cc1C. The predicted molar refractivity (Wildman–Crippen MR) is 139 cm³/mol. The summed E-state index contributed by atoms with van der Waals surface area (Å²) in [6.45, 7) is 7.12. The number of carbonyl (C=O) groups is 2. The molecule has 3 rings (SSSR count). The van der Waals surface area contributed by atoms with E-state index in [0.29, 0.717) is 35.9 Å². The van der Waals surface area contributed by atoms with Gasteiger partial charge in [0.2, 0.25) is 5.91 Å². The molecule has 186 valence electrons. The maximum absolute atomic E-state index is 13.2. The van der Waals surface area contributed by atoms with Crippen LogP contribution < -0.4 is 32.3 Å². The van der Waals surface area contributed by atoms with Crippen molar-refractivity contribution in [1.82, 2.24) is 20.9 Å². The van der Waals surface area contributed by atoms with Gasteiger partial charge in [-0.3, -0.25) is 19.9 Å². The topological polar surface area (TPSA) is 146 Å². The molecule has 1 aliphatic rings. The summed E-state index contributed by atoms with van der Waals surface area (Å²) >= 11 is 0. The molecule has 0 spiro atoms. The summed E-state index contributed by atoms with van der Waals surface area (Å²) in [4.78, 5) is 33.7. The molecule has 2 aromatic rings. The molecular formula is C25H34N8O2. The minimum Gasteiger partial charge on any atom is -0.370 e. The fourth-order valence-corrected chi connectivity index (χ4v) is 3.54. The van der Waals surface area contributed by atoms with E-state index < -0.39 is 0 Å².